The molecule has 1 aromatic rings. The predicted molar refractivity (Wildman–Crippen MR) is 98.4 cm³/mol. The van der Waals surface area contributed by atoms with Crippen molar-refractivity contribution in [2.24, 2.45) is 5.73 Å². The molecular formula is C11H16FN4O13P3. The molecule has 3 unspecified atom stereocenters. The number of phosphoric acid groups is 3. The third kappa shape index (κ3) is 6.07. The van der Waals surface area contributed by atoms with Crippen LogP contribution in [0.1, 0.15) is 6.23 Å². The molecule has 6 atom stereocenters. The largest absolute Gasteiger partial charge is 0.490 e. The van der Waals surface area contributed by atoms with Gasteiger partial charge in [0.15, 0.2) is 23.4 Å². The molecule has 0 saturated carbocycles. The van der Waals surface area contributed by atoms with Gasteiger partial charge in [-0.25, -0.2) is 22.9 Å². The second kappa shape index (κ2) is 9.01. The maximum Gasteiger partial charge on any atom is 0.490 e. The number of hydrogen-bond acceptors (Lipinski definition) is 12. The summed E-state index contributed by atoms with van der Waals surface area (Å²) in [6.45, 7) is -1.14. The number of aliphatic hydroxyl groups excluding tert-OH is 1. The number of ether oxygens (including phenoxy) is 1. The summed E-state index contributed by atoms with van der Waals surface area (Å²) in [7, 11) is -17.0. The van der Waals surface area contributed by atoms with Crippen molar-refractivity contribution in [2.45, 2.75) is 24.0 Å². The van der Waals surface area contributed by atoms with Gasteiger partial charge in [0, 0.05) is 0 Å². The Morgan fingerprint density at radius 2 is 1.88 bits per heavy atom. The highest BCUT2D eigenvalue weighted by Gasteiger charge is 2.55. The smallest absolute Gasteiger partial charge is 0.387 e. The molecule has 0 amide bonds. The van der Waals surface area contributed by atoms with Crippen molar-refractivity contribution in [3.8, 4) is 12.3 Å². The third-order valence-corrected chi connectivity index (χ3v) is 7.61. The molecule has 9 N–H and O–H groups in total. The molecule has 2 heterocycles. The number of rotatable bonds is 8. The van der Waals surface area contributed by atoms with E-state index in [-0.39, 0.29) is 0 Å². The fraction of sp³-hybridized carbons (Fsp3) is 0.455. The Morgan fingerprint density at radius 1 is 1.28 bits per heavy atom. The van der Waals surface area contributed by atoms with E-state index in [4.69, 9.17) is 37.3 Å². The van der Waals surface area contributed by atoms with Gasteiger partial charge in [0.2, 0.25) is 0 Å². The van der Waals surface area contributed by atoms with E-state index >= 15 is 0 Å². The Hall–Kier alpha value is -1.54. The molecule has 0 aromatic carbocycles. The van der Waals surface area contributed by atoms with E-state index in [9.17, 15) is 32.9 Å². The maximum absolute atomic E-state index is 13.8. The van der Waals surface area contributed by atoms with E-state index in [1.54, 1.807) is 0 Å². The Labute approximate surface area is 177 Å². The molecular weight excluding hydrogens is 508 g/mol. The topological polar surface area (TPSA) is 276 Å². The summed E-state index contributed by atoms with van der Waals surface area (Å²) in [6.07, 6.45) is 0.397. The Kier molecular flexibility index (Phi) is 7.52. The molecule has 0 aliphatic carbocycles. The third-order valence-electron chi connectivity index (χ3n) is 3.81. The zero-order valence-corrected chi connectivity index (χ0v) is 18.0. The number of phosphoric ester groups is 1. The fourth-order valence-corrected chi connectivity index (χ4v) is 5.52. The van der Waals surface area contributed by atoms with Gasteiger partial charge in [-0.15, -0.1) is 6.42 Å². The summed E-state index contributed by atoms with van der Waals surface area (Å²) >= 11 is 0. The molecule has 1 saturated heterocycles. The lowest BCUT2D eigenvalue weighted by atomic mass is 9.92. The van der Waals surface area contributed by atoms with Crippen LogP contribution in [0.4, 0.5) is 10.2 Å². The Morgan fingerprint density at radius 3 is 2.41 bits per heavy atom. The van der Waals surface area contributed by atoms with Crippen molar-refractivity contribution in [1.29, 1.82) is 0 Å². The monoisotopic (exact) mass is 524 g/mol. The van der Waals surface area contributed by atoms with Gasteiger partial charge in [-0.05, 0) is 0 Å². The number of halogens is 1. The zero-order valence-electron chi connectivity index (χ0n) is 15.4. The van der Waals surface area contributed by atoms with E-state index in [1.807, 2.05) is 5.92 Å². The average Bonchev–Trinajstić information content (AvgIpc) is 2.85. The molecule has 180 valence electrons. The summed E-state index contributed by atoms with van der Waals surface area (Å²) < 4.78 is 64.6. The van der Waals surface area contributed by atoms with Gasteiger partial charge in [-0.1, -0.05) is 5.92 Å². The second-order valence-corrected chi connectivity index (χ2v) is 10.5. The van der Waals surface area contributed by atoms with E-state index in [1.165, 1.54) is 0 Å². The van der Waals surface area contributed by atoms with Crippen LogP contribution in [0.5, 0.6) is 0 Å². The molecule has 17 nitrogen and oxygen atoms in total. The molecule has 1 aromatic heterocycles. The highest BCUT2D eigenvalue weighted by Crippen LogP contribution is 2.66. The number of anilines is 1. The van der Waals surface area contributed by atoms with Gasteiger partial charge in [0.25, 0.3) is 0 Å². The molecule has 0 spiro atoms. The van der Waals surface area contributed by atoms with Crippen molar-refractivity contribution < 1.29 is 60.6 Å². The molecule has 32 heavy (non-hydrogen) atoms. The predicted octanol–water partition coefficient (Wildman–Crippen LogP) is -2.10. The van der Waals surface area contributed by atoms with Crippen LogP contribution in [0.3, 0.4) is 0 Å². The fourth-order valence-electron chi connectivity index (χ4n) is 2.49. The SMILES string of the molecule is C#CC1(N)[C@@H](O)[C@@H](COP(=O)(O)OP(=O)(O)OP(=O)(O)O)O[C@H]1n1cc(F)c(N)nc1=O. The molecule has 2 rings (SSSR count). The lowest BCUT2D eigenvalue weighted by molar-refractivity contribution is -0.0470. The van der Waals surface area contributed by atoms with Crippen LogP contribution in [0, 0.1) is 18.2 Å². The number of hydrogen-bond donors (Lipinski definition) is 7. The standard InChI is InChI=1S/C11H16FN4O13P3/c1-2-11(14)7(17)6(27-9(11)16-3-5(12)8(13)15-10(16)18)4-26-31(22,23)29-32(24,25)28-30(19,20)21/h1,3,6-7,9,17H,4,14H2,(H,22,23)(H,24,25)(H2,13,15,18)(H2,19,20,21)/t6-,7+,9-,11?/m1/s1. The first-order valence-electron chi connectivity index (χ1n) is 7.83. The van der Waals surface area contributed by atoms with Crippen molar-refractivity contribution in [2.75, 3.05) is 12.3 Å². The van der Waals surface area contributed by atoms with Gasteiger partial charge in [-0.2, -0.15) is 13.6 Å². The first-order valence-corrected chi connectivity index (χ1v) is 12.4. The minimum absolute atomic E-state index is 0.458. The minimum Gasteiger partial charge on any atom is -0.387 e. The number of aliphatic hydroxyl groups is 1. The molecule has 1 aliphatic heterocycles. The lowest BCUT2D eigenvalue weighted by Crippen LogP contribution is -2.55. The van der Waals surface area contributed by atoms with Gasteiger partial charge in [0.05, 0.1) is 12.8 Å². The minimum atomic E-state index is -5.79. The van der Waals surface area contributed by atoms with Crippen LogP contribution >= 0.6 is 23.5 Å². The summed E-state index contributed by atoms with van der Waals surface area (Å²) in [5.74, 6) is 0.0229. The van der Waals surface area contributed by atoms with E-state index in [0.29, 0.717) is 10.8 Å². The molecule has 1 aliphatic rings. The van der Waals surface area contributed by atoms with Crippen LogP contribution in [-0.4, -0.2) is 58.6 Å². The average molecular weight is 524 g/mol. The van der Waals surface area contributed by atoms with Crippen molar-refractivity contribution in [3.63, 3.8) is 0 Å². The van der Waals surface area contributed by atoms with Crippen LogP contribution in [0.2, 0.25) is 0 Å². The first kappa shape index (κ1) is 26.7. The Balaban J connectivity index is 2.22. The van der Waals surface area contributed by atoms with Gasteiger partial charge < -0.3 is 40.9 Å². The first-order chi connectivity index (χ1) is 14.4. The Bertz CT molecular complexity index is 1130. The van der Waals surface area contributed by atoms with E-state index < -0.39 is 71.4 Å². The number of nitrogens with two attached hydrogens (primary N) is 2. The van der Waals surface area contributed by atoms with Crippen LogP contribution in [0.15, 0.2) is 11.0 Å². The van der Waals surface area contributed by atoms with Gasteiger partial charge in [-0.3, -0.25) is 9.09 Å². The molecule has 0 bridgehead atoms. The number of terminal acetylenes is 1. The number of nitrogen functional groups attached to an aromatic ring is 1. The maximum atomic E-state index is 13.8. The summed E-state index contributed by atoms with van der Waals surface area (Å²) in [6, 6.07) is 0. The highest BCUT2D eigenvalue weighted by atomic mass is 31.3. The molecule has 0 radical (unpaired) electrons. The highest BCUT2D eigenvalue weighted by molar-refractivity contribution is 7.66. The quantitative estimate of drug-likeness (QED) is 0.142. The number of nitrogens with zero attached hydrogens (tertiary/aromatic N) is 2. The normalized spacial score (nSPS) is 29.8. The van der Waals surface area contributed by atoms with E-state index in [2.05, 4.69) is 18.1 Å². The van der Waals surface area contributed by atoms with E-state index in [0.717, 1.165) is 0 Å². The molecule has 1 fully saturated rings. The van der Waals surface area contributed by atoms with Crippen molar-refractivity contribution >= 4 is 29.3 Å². The second-order valence-electron chi connectivity index (χ2n) is 6.10. The zero-order chi connectivity index (χ0) is 24.7. The summed E-state index contributed by atoms with van der Waals surface area (Å²) in [5, 5.41) is 10.4. The number of aromatic nitrogens is 2. The lowest BCUT2D eigenvalue weighted by Gasteiger charge is -2.27. The van der Waals surface area contributed by atoms with Gasteiger partial charge in [0.1, 0.15) is 12.2 Å². The van der Waals surface area contributed by atoms with Crippen LogP contribution < -0.4 is 17.2 Å². The van der Waals surface area contributed by atoms with Crippen LogP contribution in [-0.2, 0) is 31.6 Å². The molecule has 21 heteroatoms. The van der Waals surface area contributed by atoms with Crippen molar-refractivity contribution in [1.82, 2.24) is 9.55 Å². The van der Waals surface area contributed by atoms with Crippen LogP contribution in [0.25, 0.3) is 0 Å². The summed E-state index contributed by atoms with van der Waals surface area (Å²) in [5.41, 5.74) is 7.63. The van der Waals surface area contributed by atoms with Crippen molar-refractivity contribution in [3.05, 3.63) is 22.5 Å². The van der Waals surface area contributed by atoms with Gasteiger partial charge >= 0.3 is 29.2 Å². The summed E-state index contributed by atoms with van der Waals surface area (Å²) in [4.78, 5) is 50.8.